The second-order valence-electron chi connectivity index (χ2n) is 4.03. The molecular weight excluding hydrogens is 191 g/mol. The smallest absolute Gasteiger partial charge is 0.106 e. The predicted octanol–water partition coefficient (Wildman–Crippen LogP) is 1.43. The minimum absolute atomic E-state index is 0.0162. The molecule has 1 unspecified atom stereocenters. The SMILES string of the molecule is FCC1CN(Cc2ccccc2)CCN1. The van der Waals surface area contributed by atoms with Crippen LogP contribution in [0.2, 0.25) is 0 Å². The van der Waals surface area contributed by atoms with Gasteiger partial charge in [0.25, 0.3) is 0 Å². The summed E-state index contributed by atoms with van der Waals surface area (Å²) in [5.41, 5.74) is 1.30. The zero-order valence-corrected chi connectivity index (χ0v) is 8.82. The van der Waals surface area contributed by atoms with Crippen molar-refractivity contribution in [3.05, 3.63) is 35.9 Å². The molecule has 82 valence electrons. The lowest BCUT2D eigenvalue weighted by Gasteiger charge is -2.32. The molecule has 0 spiro atoms. The van der Waals surface area contributed by atoms with E-state index in [1.54, 1.807) is 0 Å². The minimum Gasteiger partial charge on any atom is -0.309 e. The van der Waals surface area contributed by atoms with Gasteiger partial charge in [-0.2, -0.15) is 0 Å². The molecule has 3 heteroatoms. The average Bonchev–Trinajstić information content (AvgIpc) is 2.31. The van der Waals surface area contributed by atoms with E-state index in [9.17, 15) is 4.39 Å². The molecule has 0 amide bonds. The lowest BCUT2D eigenvalue weighted by Crippen LogP contribution is -2.51. The van der Waals surface area contributed by atoms with E-state index in [2.05, 4.69) is 22.3 Å². The highest BCUT2D eigenvalue weighted by Crippen LogP contribution is 2.07. The molecular formula is C12H17FN2. The monoisotopic (exact) mass is 208 g/mol. The summed E-state index contributed by atoms with van der Waals surface area (Å²) in [7, 11) is 0. The Balaban J connectivity index is 1.89. The van der Waals surface area contributed by atoms with Gasteiger partial charge in [0.15, 0.2) is 0 Å². The maximum absolute atomic E-state index is 12.5. The fourth-order valence-electron chi connectivity index (χ4n) is 1.98. The average molecular weight is 208 g/mol. The van der Waals surface area contributed by atoms with Crippen molar-refractivity contribution in [2.45, 2.75) is 12.6 Å². The summed E-state index contributed by atoms with van der Waals surface area (Å²) in [6.07, 6.45) is 0. The highest BCUT2D eigenvalue weighted by Gasteiger charge is 2.18. The van der Waals surface area contributed by atoms with Crippen LogP contribution in [0.5, 0.6) is 0 Å². The number of hydrogen-bond donors (Lipinski definition) is 1. The van der Waals surface area contributed by atoms with E-state index in [-0.39, 0.29) is 12.7 Å². The molecule has 1 N–H and O–H groups in total. The van der Waals surface area contributed by atoms with Crippen molar-refractivity contribution in [2.24, 2.45) is 0 Å². The van der Waals surface area contributed by atoms with Gasteiger partial charge in [-0.1, -0.05) is 30.3 Å². The van der Waals surface area contributed by atoms with Crippen LogP contribution < -0.4 is 5.32 Å². The quantitative estimate of drug-likeness (QED) is 0.808. The fraction of sp³-hybridized carbons (Fsp3) is 0.500. The van der Waals surface area contributed by atoms with Gasteiger partial charge in [0, 0.05) is 32.2 Å². The Bertz CT molecular complexity index is 289. The van der Waals surface area contributed by atoms with Crippen LogP contribution in [0.1, 0.15) is 5.56 Å². The van der Waals surface area contributed by atoms with Crippen LogP contribution in [0.15, 0.2) is 30.3 Å². The van der Waals surface area contributed by atoms with E-state index in [4.69, 9.17) is 0 Å². The Labute approximate surface area is 90.1 Å². The summed E-state index contributed by atoms with van der Waals surface area (Å²) >= 11 is 0. The number of piperazine rings is 1. The van der Waals surface area contributed by atoms with Crippen LogP contribution >= 0.6 is 0 Å². The second kappa shape index (κ2) is 5.24. The molecule has 15 heavy (non-hydrogen) atoms. The van der Waals surface area contributed by atoms with Crippen LogP contribution in [0.4, 0.5) is 4.39 Å². The molecule has 1 aliphatic heterocycles. The molecule has 1 aromatic carbocycles. The third kappa shape index (κ3) is 3.01. The number of nitrogens with one attached hydrogen (secondary N) is 1. The molecule has 1 aliphatic rings. The van der Waals surface area contributed by atoms with Gasteiger partial charge in [-0.15, -0.1) is 0 Å². The predicted molar refractivity (Wildman–Crippen MR) is 59.5 cm³/mol. The van der Waals surface area contributed by atoms with E-state index < -0.39 is 0 Å². The Morgan fingerprint density at radius 2 is 2.13 bits per heavy atom. The molecule has 1 atom stereocenters. The van der Waals surface area contributed by atoms with E-state index in [1.165, 1.54) is 5.56 Å². The van der Waals surface area contributed by atoms with E-state index in [0.717, 1.165) is 26.2 Å². The molecule has 0 saturated carbocycles. The first-order chi connectivity index (χ1) is 7.38. The van der Waals surface area contributed by atoms with Crippen molar-refractivity contribution in [3.8, 4) is 0 Å². The highest BCUT2D eigenvalue weighted by atomic mass is 19.1. The molecule has 1 heterocycles. The lowest BCUT2D eigenvalue weighted by molar-refractivity contribution is 0.174. The molecule has 1 saturated heterocycles. The molecule has 1 aromatic rings. The number of rotatable bonds is 3. The van der Waals surface area contributed by atoms with Crippen molar-refractivity contribution < 1.29 is 4.39 Å². The maximum Gasteiger partial charge on any atom is 0.106 e. The van der Waals surface area contributed by atoms with E-state index in [0.29, 0.717) is 0 Å². The molecule has 0 aliphatic carbocycles. The van der Waals surface area contributed by atoms with Gasteiger partial charge >= 0.3 is 0 Å². The van der Waals surface area contributed by atoms with Crippen molar-refractivity contribution in [1.29, 1.82) is 0 Å². The molecule has 0 radical (unpaired) electrons. The number of alkyl halides is 1. The van der Waals surface area contributed by atoms with Gasteiger partial charge in [-0.05, 0) is 5.56 Å². The number of nitrogens with zero attached hydrogens (tertiary/aromatic N) is 1. The van der Waals surface area contributed by atoms with Crippen molar-refractivity contribution >= 4 is 0 Å². The molecule has 0 bridgehead atoms. The van der Waals surface area contributed by atoms with Crippen molar-refractivity contribution in [3.63, 3.8) is 0 Å². The van der Waals surface area contributed by atoms with Gasteiger partial charge < -0.3 is 5.32 Å². The van der Waals surface area contributed by atoms with E-state index >= 15 is 0 Å². The van der Waals surface area contributed by atoms with E-state index in [1.807, 2.05) is 18.2 Å². The first kappa shape index (κ1) is 10.6. The summed E-state index contributed by atoms with van der Waals surface area (Å²) in [6.45, 7) is 3.36. The van der Waals surface area contributed by atoms with Gasteiger partial charge in [0.2, 0.25) is 0 Å². The Morgan fingerprint density at radius 3 is 2.87 bits per heavy atom. The van der Waals surface area contributed by atoms with Gasteiger partial charge in [-0.25, -0.2) is 4.39 Å². The van der Waals surface area contributed by atoms with Crippen LogP contribution in [-0.4, -0.2) is 37.3 Å². The number of benzene rings is 1. The Hall–Kier alpha value is -0.930. The van der Waals surface area contributed by atoms with Gasteiger partial charge in [0.05, 0.1) is 0 Å². The fourth-order valence-corrected chi connectivity index (χ4v) is 1.98. The van der Waals surface area contributed by atoms with Crippen molar-refractivity contribution in [1.82, 2.24) is 10.2 Å². The van der Waals surface area contributed by atoms with Crippen LogP contribution in [0.3, 0.4) is 0 Å². The summed E-state index contributed by atoms with van der Waals surface area (Å²) in [5.74, 6) is 0. The normalized spacial score (nSPS) is 22.9. The largest absolute Gasteiger partial charge is 0.309 e. The van der Waals surface area contributed by atoms with Crippen LogP contribution in [0.25, 0.3) is 0 Å². The third-order valence-electron chi connectivity index (χ3n) is 2.77. The summed E-state index contributed by atoms with van der Waals surface area (Å²) in [4.78, 5) is 2.30. The summed E-state index contributed by atoms with van der Waals surface area (Å²) < 4.78 is 12.5. The molecule has 2 rings (SSSR count). The lowest BCUT2D eigenvalue weighted by atomic mass is 10.1. The molecule has 2 nitrogen and oxygen atoms in total. The highest BCUT2D eigenvalue weighted by molar-refractivity contribution is 5.14. The topological polar surface area (TPSA) is 15.3 Å². The zero-order chi connectivity index (χ0) is 10.5. The number of halogens is 1. The Kier molecular flexibility index (Phi) is 3.69. The molecule has 0 aromatic heterocycles. The van der Waals surface area contributed by atoms with Crippen LogP contribution in [0, 0.1) is 0 Å². The Morgan fingerprint density at radius 1 is 1.33 bits per heavy atom. The zero-order valence-electron chi connectivity index (χ0n) is 8.82. The van der Waals surface area contributed by atoms with Crippen LogP contribution in [-0.2, 0) is 6.54 Å². The van der Waals surface area contributed by atoms with Gasteiger partial charge in [0.1, 0.15) is 6.67 Å². The maximum atomic E-state index is 12.5. The summed E-state index contributed by atoms with van der Waals surface area (Å²) in [6, 6.07) is 10.4. The second-order valence-corrected chi connectivity index (χ2v) is 4.03. The summed E-state index contributed by atoms with van der Waals surface area (Å²) in [5, 5.41) is 3.17. The van der Waals surface area contributed by atoms with Crippen molar-refractivity contribution in [2.75, 3.05) is 26.3 Å². The standard InChI is InChI=1S/C12H17FN2/c13-8-12-10-15(7-6-14-12)9-11-4-2-1-3-5-11/h1-5,12,14H,6-10H2. The third-order valence-corrected chi connectivity index (χ3v) is 2.77. The minimum atomic E-state index is -0.273. The van der Waals surface area contributed by atoms with Gasteiger partial charge in [-0.3, -0.25) is 4.90 Å². The first-order valence-electron chi connectivity index (χ1n) is 5.44. The first-order valence-corrected chi connectivity index (χ1v) is 5.44. The number of hydrogen-bond acceptors (Lipinski definition) is 2. The molecule has 1 fully saturated rings.